The Bertz CT molecular complexity index is 637. The van der Waals surface area contributed by atoms with Gasteiger partial charge in [-0.05, 0) is 43.9 Å². The number of hydrogen-bond donors (Lipinski definition) is 1. The number of amides is 2. The monoisotopic (exact) mass is 359 g/mol. The molecule has 1 aliphatic heterocycles. The van der Waals surface area contributed by atoms with Crippen molar-refractivity contribution in [1.29, 1.82) is 0 Å². The fraction of sp³-hybridized carbons (Fsp3) is 0.600. The van der Waals surface area contributed by atoms with Crippen molar-refractivity contribution in [3.05, 3.63) is 29.8 Å². The Labute approximate surface area is 155 Å². The molecule has 1 heterocycles. The van der Waals surface area contributed by atoms with Crippen LogP contribution in [-0.4, -0.2) is 67.0 Å². The molecule has 6 nitrogen and oxygen atoms in total. The summed E-state index contributed by atoms with van der Waals surface area (Å²) in [7, 11) is 1.65. The van der Waals surface area contributed by atoms with Gasteiger partial charge in [0.1, 0.15) is 5.75 Å². The maximum Gasteiger partial charge on any atom is 0.237 e. The third-order valence-electron chi connectivity index (χ3n) is 5.28. The van der Waals surface area contributed by atoms with Crippen LogP contribution in [0.1, 0.15) is 31.7 Å². The number of aryl methyl sites for hydroxylation is 1. The number of carbonyl (C=O) groups is 2. The molecule has 1 aliphatic carbocycles. The van der Waals surface area contributed by atoms with Gasteiger partial charge in [-0.15, -0.1) is 0 Å². The van der Waals surface area contributed by atoms with Gasteiger partial charge in [-0.1, -0.05) is 12.1 Å². The summed E-state index contributed by atoms with van der Waals surface area (Å²) in [5.74, 6) is 1.12. The van der Waals surface area contributed by atoms with Crippen LogP contribution in [0, 0.1) is 0 Å². The highest BCUT2D eigenvalue weighted by atomic mass is 16.5. The minimum absolute atomic E-state index is 0.116. The first kappa shape index (κ1) is 18.7. The molecule has 1 saturated carbocycles. The molecule has 1 saturated heterocycles. The van der Waals surface area contributed by atoms with E-state index >= 15 is 0 Å². The third kappa shape index (κ3) is 4.97. The zero-order chi connectivity index (χ0) is 18.5. The predicted molar refractivity (Wildman–Crippen MR) is 100 cm³/mol. The van der Waals surface area contributed by atoms with Gasteiger partial charge in [-0.25, -0.2) is 0 Å². The van der Waals surface area contributed by atoms with Crippen LogP contribution >= 0.6 is 0 Å². The lowest BCUT2D eigenvalue weighted by Crippen LogP contribution is -2.55. The van der Waals surface area contributed by atoms with Crippen LogP contribution in [0.15, 0.2) is 24.3 Å². The Balaban J connectivity index is 1.42. The van der Waals surface area contributed by atoms with Gasteiger partial charge in [0.15, 0.2) is 0 Å². The molecule has 1 aromatic carbocycles. The highest BCUT2D eigenvalue weighted by Crippen LogP contribution is 2.19. The summed E-state index contributed by atoms with van der Waals surface area (Å²) in [5, 5.41) is 3.06. The Kier molecular flexibility index (Phi) is 6.14. The van der Waals surface area contributed by atoms with E-state index in [1.54, 1.807) is 7.11 Å². The Morgan fingerprint density at radius 1 is 1.23 bits per heavy atom. The summed E-state index contributed by atoms with van der Waals surface area (Å²) in [6.45, 7) is 4.85. The topological polar surface area (TPSA) is 61.9 Å². The summed E-state index contributed by atoms with van der Waals surface area (Å²) in [6.07, 6.45) is 3.43. The van der Waals surface area contributed by atoms with Crippen molar-refractivity contribution in [2.75, 3.05) is 33.3 Å². The lowest BCUT2D eigenvalue weighted by Gasteiger charge is -2.37. The number of methoxy groups -OCH3 is 1. The van der Waals surface area contributed by atoms with E-state index in [1.165, 1.54) is 0 Å². The van der Waals surface area contributed by atoms with Crippen LogP contribution in [-0.2, 0) is 16.0 Å². The average molecular weight is 359 g/mol. The molecule has 1 N–H and O–H groups in total. The van der Waals surface area contributed by atoms with E-state index in [1.807, 2.05) is 36.1 Å². The average Bonchev–Trinajstić information content (AvgIpc) is 3.49. The van der Waals surface area contributed by atoms with Crippen LogP contribution in [0.2, 0.25) is 0 Å². The van der Waals surface area contributed by atoms with Gasteiger partial charge in [-0.2, -0.15) is 0 Å². The first-order valence-electron chi connectivity index (χ1n) is 9.52. The number of piperazine rings is 1. The van der Waals surface area contributed by atoms with Crippen LogP contribution < -0.4 is 10.1 Å². The zero-order valence-electron chi connectivity index (χ0n) is 15.7. The summed E-state index contributed by atoms with van der Waals surface area (Å²) < 4.78 is 5.23. The van der Waals surface area contributed by atoms with E-state index in [0.717, 1.165) is 43.7 Å². The Morgan fingerprint density at radius 2 is 1.96 bits per heavy atom. The van der Waals surface area contributed by atoms with Gasteiger partial charge >= 0.3 is 0 Å². The largest absolute Gasteiger partial charge is 0.497 e. The minimum atomic E-state index is -0.121. The molecule has 0 spiro atoms. The van der Waals surface area contributed by atoms with E-state index in [4.69, 9.17) is 4.74 Å². The SMILES string of the molecule is COc1cccc(CCC(=O)N2CCN(C(C)C(=O)NC3CC3)CC2)c1. The second-order valence-electron chi connectivity index (χ2n) is 7.23. The number of nitrogens with zero attached hydrogens (tertiary/aromatic N) is 2. The number of rotatable bonds is 7. The van der Waals surface area contributed by atoms with Gasteiger partial charge in [0.2, 0.25) is 11.8 Å². The summed E-state index contributed by atoms with van der Waals surface area (Å²) in [4.78, 5) is 28.8. The summed E-state index contributed by atoms with van der Waals surface area (Å²) in [5.41, 5.74) is 1.11. The molecule has 1 aromatic rings. The lowest BCUT2D eigenvalue weighted by molar-refractivity contribution is -0.134. The van der Waals surface area contributed by atoms with Gasteiger partial charge in [0, 0.05) is 38.6 Å². The maximum atomic E-state index is 12.5. The Hall–Kier alpha value is -2.08. The Morgan fingerprint density at radius 3 is 2.62 bits per heavy atom. The van der Waals surface area contributed by atoms with E-state index in [0.29, 0.717) is 25.6 Å². The van der Waals surface area contributed by atoms with E-state index in [9.17, 15) is 9.59 Å². The number of hydrogen-bond acceptors (Lipinski definition) is 4. The number of carbonyl (C=O) groups excluding carboxylic acids is 2. The van der Waals surface area contributed by atoms with Gasteiger partial charge in [0.25, 0.3) is 0 Å². The second-order valence-corrected chi connectivity index (χ2v) is 7.23. The van der Waals surface area contributed by atoms with Crippen molar-refractivity contribution in [3.8, 4) is 5.75 Å². The van der Waals surface area contributed by atoms with Crippen molar-refractivity contribution in [1.82, 2.24) is 15.1 Å². The molecular weight excluding hydrogens is 330 g/mol. The molecule has 2 fully saturated rings. The van der Waals surface area contributed by atoms with E-state index in [-0.39, 0.29) is 17.9 Å². The van der Waals surface area contributed by atoms with Gasteiger partial charge in [-0.3, -0.25) is 14.5 Å². The molecule has 26 heavy (non-hydrogen) atoms. The highest BCUT2D eigenvalue weighted by Gasteiger charge is 2.30. The number of ether oxygens (including phenoxy) is 1. The molecule has 0 aromatic heterocycles. The molecule has 0 radical (unpaired) electrons. The fourth-order valence-corrected chi connectivity index (χ4v) is 3.31. The smallest absolute Gasteiger partial charge is 0.237 e. The molecule has 142 valence electrons. The predicted octanol–water partition coefficient (Wildman–Crippen LogP) is 1.44. The van der Waals surface area contributed by atoms with E-state index in [2.05, 4.69) is 10.2 Å². The molecule has 0 bridgehead atoms. The first-order valence-corrected chi connectivity index (χ1v) is 9.52. The normalized spacial score (nSPS) is 19.1. The van der Waals surface area contributed by atoms with Crippen molar-refractivity contribution in [3.63, 3.8) is 0 Å². The molecule has 2 amide bonds. The molecular formula is C20H29N3O3. The minimum Gasteiger partial charge on any atom is -0.497 e. The second kappa shape index (κ2) is 8.54. The summed E-state index contributed by atoms with van der Waals surface area (Å²) >= 11 is 0. The van der Waals surface area contributed by atoms with Crippen molar-refractivity contribution < 1.29 is 14.3 Å². The summed E-state index contributed by atoms with van der Waals surface area (Å²) in [6, 6.07) is 8.13. The maximum absolute atomic E-state index is 12.5. The molecule has 1 unspecified atom stereocenters. The van der Waals surface area contributed by atoms with Gasteiger partial charge < -0.3 is 15.0 Å². The zero-order valence-corrected chi connectivity index (χ0v) is 15.7. The van der Waals surface area contributed by atoms with Crippen molar-refractivity contribution in [2.24, 2.45) is 0 Å². The van der Waals surface area contributed by atoms with Crippen LogP contribution in [0.3, 0.4) is 0 Å². The van der Waals surface area contributed by atoms with E-state index < -0.39 is 0 Å². The first-order chi connectivity index (χ1) is 12.6. The quantitative estimate of drug-likeness (QED) is 0.800. The number of benzene rings is 1. The molecule has 2 aliphatic rings. The standard InChI is InChI=1S/C20H29N3O3/c1-15(20(25)21-17-7-8-17)22-10-12-23(13-11-22)19(24)9-6-16-4-3-5-18(14-16)26-2/h3-5,14-15,17H,6-13H2,1-2H3,(H,21,25). The van der Waals surface area contributed by atoms with Crippen LogP contribution in [0.25, 0.3) is 0 Å². The van der Waals surface area contributed by atoms with Crippen molar-refractivity contribution in [2.45, 2.75) is 44.7 Å². The number of nitrogens with one attached hydrogen (secondary N) is 1. The third-order valence-corrected chi connectivity index (χ3v) is 5.28. The van der Waals surface area contributed by atoms with Gasteiger partial charge in [0.05, 0.1) is 13.2 Å². The van der Waals surface area contributed by atoms with Crippen LogP contribution in [0.5, 0.6) is 5.75 Å². The molecule has 3 rings (SSSR count). The van der Waals surface area contributed by atoms with Crippen molar-refractivity contribution >= 4 is 11.8 Å². The molecule has 1 atom stereocenters. The lowest BCUT2D eigenvalue weighted by atomic mass is 10.1. The van der Waals surface area contributed by atoms with Crippen LogP contribution in [0.4, 0.5) is 0 Å². The highest BCUT2D eigenvalue weighted by molar-refractivity contribution is 5.82. The molecule has 6 heteroatoms. The fourth-order valence-electron chi connectivity index (χ4n) is 3.31.